The molecule has 0 aromatic heterocycles. The Hall–Kier alpha value is -2.69. The molecule has 1 atom stereocenters. The van der Waals surface area contributed by atoms with Crippen molar-refractivity contribution in [3.05, 3.63) is 60.2 Å². The topological polar surface area (TPSA) is 44.8 Å². The fourth-order valence-electron chi connectivity index (χ4n) is 3.21. The Balaban J connectivity index is 1.53. The molecule has 1 aliphatic heterocycles. The van der Waals surface area contributed by atoms with Crippen LogP contribution in [0.2, 0.25) is 0 Å². The van der Waals surface area contributed by atoms with Crippen molar-refractivity contribution in [3.63, 3.8) is 0 Å². The van der Waals surface area contributed by atoms with Gasteiger partial charge in [0.1, 0.15) is 5.75 Å². The van der Waals surface area contributed by atoms with Gasteiger partial charge in [-0.3, -0.25) is 0 Å². The smallest absolute Gasteiger partial charge is 0.317 e. The van der Waals surface area contributed by atoms with Gasteiger partial charge < -0.3 is 19.9 Å². The van der Waals surface area contributed by atoms with Gasteiger partial charge in [0.05, 0.1) is 12.6 Å². The van der Waals surface area contributed by atoms with E-state index < -0.39 is 0 Å². The molecular formula is C21H27N3O2. The van der Waals surface area contributed by atoms with Gasteiger partial charge in [0.2, 0.25) is 0 Å². The fourth-order valence-corrected chi connectivity index (χ4v) is 3.21. The quantitative estimate of drug-likeness (QED) is 0.892. The van der Waals surface area contributed by atoms with E-state index in [1.807, 2.05) is 61.2 Å². The van der Waals surface area contributed by atoms with Crippen molar-refractivity contribution in [2.24, 2.45) is 0 Å². The molecule has 0 spiro atoms. The van der Waals surface area contributed by atoms with Gasteiger partial charge >= 0.3 is 6.03 Å². The van der Waals surface area contributed by atoms with Crippen molar-refractivity contribution in [1.29, 1.82) is 0 Å². The minimum atomic E-state index is -0.0601. The van der Waals surface area contributed by atoms with Gasteiger partial charge in [-0.05, 0) is 43.7 Å². The molecule has 5 heteroatoms. The number of nitrogens with zero attached hydrogens (tertiary/aromatic N) is 2. The SMILES string of the molecule is CCOc1cccc(C(C)NC(=O)N2CCN(c3ccccc3)CC2)c1. The van der Waals surface area contributed by atoms with E-state index in [1.54, 1.807) is 0 Å². The van der Waals surface area contributed by atoms with E-state index in [0.717, 1.165) is 37.5 Å². The van der Waals surface area contributed by atoms with E-state index in [1.165, 1.54) is 5.69 Å². The molecule has 138 valence electrons. The first-order chi connectivity index (χ1) is 12.7. The van der Waals surface area contributed by atoms with E-state index in [9.17, 15) is 4.79 Å². The highest BCUT2D eigenvalue weighted by Crippen LogP contribution is 2.20. The Morgan fingerprint density at radius 3 is 2.50 bits per heavy atom. The van der Waals surface area contributed by atoms with Crippen molar-refractivity contribution in [2.75, 3.05) is 37.7 Å². The summed E-state index contributed by atoms with van der Waals surface area (Å²) in [5.41, 5.74) is 2.26. The largest absolute Gasteiger partial charge is 0.494 e. The summed E-state index contributed by atoms with van der Waals surface area (Å²) in [5.74, 6) is 0.836. The molecule has 0 radical (unpaired) electrons. The number of carbonyl (C=O) groups is 1. The molecule has 2 amide bonds. The van der Waals surface area contributed by atoms with Gasteiger partial charge in [0.25, 0.3) is 0 Å². The molecule has 2 aromatic rings. The van der Waals surface area contributed by atoms with Crippen LogP contribution in [0.15, 0.2) is 54.6 Å². The number of rotatable bonds is 5. The minimum absolute atomic E-state index is 0.00738. The molecule has 1 aliphatic rings. The number of para-hydroxylation sites is 1. The molecular weight excluding hydrogens is 326 g/mol. The van der Waals surface area contributed by atoms with Gasteiger partial charge in [-0.25, -0.2) is 4.79 Å². The normalized spacial score (nSPS) is 15.5. The van der Waals surface area contributed by atoms with Gasteiger partial charge in [0, 0.05) is 31.9 Å². The summed E-state index contributed by atoms with van der Waals surface area (Å²) in [6, 6.07) is 18.2. The van der Waals surface area contributed by atoms with Crippen LogP contribution in [-0.2, 0) is 0 Å². The van der Waals surface area contributed by atoms with Crippen molar-refractivity contribution in [3.8, 4) is 5.75 Å². The third kappa shape index (κ3) is 4.48. The number of ether oxygens (including phenoxy) is 1. The van der Waals surface area contributed by atoms with Gasteiger partial charge in [0.15, 0.2) is 0 Å². The molecule has 5 nitrogen and oxygen atoms in total. The first-order valence-corrected chi connectivity index (χ1v) is 9.25. The average molecular weight is 353 g/mol. The van der Waals surface area contributed by atoms with Crippen LogP contribution in [0.3, 0.4) is 0 Å². The van der Waals surface area contributed by atoms with Crippen LogP contribution < -0.4 is 15.0 Å². The maximum atomic E-state index is 12.6. The number of urea groups is 1. The summed E-state index contributed by atoms with van der Waals surface area (Å²) in [6.07, 6.45) is 0. The fraction of sp³-hybridized carbons (Fsp3) is 0.381. The Morgan fingerprint density at radius 1 is 1.08 bits per heavy atom. The van der Waals surface area contributed by atoms with E-state index in [-0.39, 0.29) is 12.1 Å². The number of nitrogens with one attached hydrogen (secondary N) is 1. The summed E-state index contributed by atoms with van der Waals surface area (Å²) in [7, 11) is 0. The van der Waals surface area contributed by atoms with E-state index >= 15 is 0 Å². The summed E-state index contributed by atoms with van der Waals surface area (Å²) in [4.78, 5) is 16.8. The highest BCUT2D eigenvalue weighted by atomic mass is 16.5. The maximum absolute atomic E-state index is 12.6. The second-order valence-corrected chi connectivity index (χ2v) is 6.49. The first-order valence-electron chi connectivity index (χ1n) is 9.25. The van der Waals surface area contributed by atoms with Crippen LogP contribution in [0, 0.1) is 0 Å². The first kappa shape index (κ1) is 18.1. The third-order valence-corrected chi connectivity index (χ3v) is 4.70. The van der Waals surface area contributed by atoms with Crippen molar-refractivity contribution >= 4 is 11.7 Å². The molecule has 1 unspecified atom stereocenters. The summed E-state index contributed by atoms with van der Waals surface area (Å²) in [6.45, 7) is 7.77. The molecule has 0 aliphatic carbocycles. The van der Waals surface area contributed by atoms with Gasteiger partial charge in [-0.1, -0.05) is 30.3 Å². The third-order valence-electron chi connectivity index (χ3n) is 4.70. The molecule has 1 saturated heterocycles. The zero-order valence-corrected chi connectivity index (χ0v) is 15.5. The van der Waals surface area contributed by atoms with Crippen LogP contribution >= 0.6 is 0 Å². The Labute approximate surface area is 155 Å². The monoisotopic (exact) mass is 353 g/mol. The number of hydrogen-bond acceptors (Lipinski definition) is 3. The van der Waals surface area contributed by atoms with E-state index in [2.05, 4.69) is 22.3 Å². The minimum Gasteiger partial charge on any atom is -0.494 e. The number of piperazine rings is 1. The predicted molar refractivity (Wildman–Crippen MR) is 105 cm³/mol. The molecule has 0 saturated carbocycles. The number of carbonyl (C=O) groups excluding carboxylic acids is 1. The lowest BCUT2D eigenvalue weighted by molar-refractivity contribution is 0.191. The van der Waals surface area contributed by atoms with Crippen molar-refractivity contribution in [2.45, 2.75) is 19.9 Å². The van der Waals surface area contributed by atoms with Crippen molar-refractivity contribution in [1.82, 2.24) is 10.2 Å². The second-order valence-electron chi connectivity index (χ2n) is 6.49. The molecule has 1 heterocycles. The van der Waals surface area contributed by atoms with E-state index in [4.69, 9.17) is 4.74 Å². The molecule has 1 N–H and O–H groups in total. The molecule has 3 rings (SSSR count). The zero-order valence-electron chi connectivity index (χ0n) is 15.5. The van der Waals surface area contributed by atoms with Crippen molar-refractivity contribution < 1.29 is 9.53 Å². The van der Waals surface area contributed by atoms with Crippen LogP contribution in [-0.4, -0.2) is 43.7 Å². The Morgan fingerprint density at radius 2 is 1.81 bits per heavy atom. The predicted octanol–water partition coefficient (Wildman–Crippen LogP) is 3.68. The molecule has 0 bridgehead atoms. The lowest BCUT2D eigenvalue weighted by Crippen LogP contribution is -2.52. The number of amides is 2. The van der Waals surface area contributed by atoms with E-state index in [0.29, 0.717) is 6.61 Å². The Bertz CT molecular complexity index is 712. The van der Waals surface area contributed by atoms with Gasteiger partial charge in [-0.15, -0.1) is 0 Å². The highest BCUT2D eigenvalue weighted by Gasteiger charge is 2.22. The second kappa shape index (κ2) is 8.61. The molecule has 2 aromatic carbocycles. The van der Waals surface area contributed by atoms with Gasteiger partial charge in [-0.2, -0.15) is 0 Å². The van der Waals surface area contributed by atoms with Crippen LogP contribution in [0.1, 0.15) is 25.5 Å². The summed E-state index contributed by atoms with van der Waals surface area (Å²) in [5, 5.41) is 3.10. The van der Waals surface area contributed by atoms with Crippen LogP contribution in [0.4, 0.5) is 10.5 Å². The van der Waals surface area contributed by atoms with Crippen LogP contribution in [0.5, 0.6) is 5.75 Å². The highest BCUT2D eigenvalue weighted by molar-refractivity contribution is 5.75. The molecule has 26 heavy (non-hydrogen) atoms. The summed E-state index contributed by atoms with van der Waals surface area (Å²) >= 11 is 0. The number of benzene rings is 2. The average Bonchev–Trinajstić information content (AvgIpc) is 2.69. The Kier molecular flexibility index (Phi) is 6.00. The number of hydrogen-bond donors (Lipinski definition) is 1. The standard InChI is InChI=1S/C21H27N3O2/c1-3-26-20-11-7-8-18(16-20)17(2)22-21(25)24-14-12-23(13-15-24)19-9-5-4-6-10-19/h4-11,16-17H,3,12-15H2,1-2H3,(H,22,25). The lowest BCUT2D eigenvalue weighted by Gasteiger charge is -2.36. The lowest BCUT2D eigenvalue weighted by atomic mass is 10.1. The number of anilines is 1. The molecule has 1 fully saturated rings. The zero-order chi connectivity index (χ0) is 18.4. The summed E-state index contributed by atoms with van der Waals surface area (Å²) < 4.78 is 5.54. The van der Waals surface area contributed by atoms with Crippen LogP contribution in [0.25, 0.3) is 0 Å². The maximum Gasteiger partial charge on any atom is 0.317 e.